The minimum Gasteiger partial charge on any atom is -0.497 e. The first-order valence-electron chi connectivity index (χ1n) is 10.1. The normalized spacial score (nSPS) is 23.6. The van der Waals surface area contributed by atoms with Crippen LogP contribution in [0.15, 0.2) is 12.1 Å². The number of carbonyl (C=O) groups is 1. The summed E-state index contributed by atoms with van der Waals surface area (Å²) in [6, 6.07) is 4.07. The van der Waals surface area contributed by atoms with Gasteiger partial charge in [0.05, 0.1) is 26.0 Å². The van der Waals surface area contributed by atoms with E-state index in [1.165, 1.54) is 0 Å². The van der Waals surface area contributed by atoms with E-state index in [4.69, 9.17) is 14.2 Å². The average molecular weight is 390 g/mol. The Morgan fingerprint density at radius 2 is 1.89 bits per heavy atom. The number of nitrogens with zero attached hydrogens (tertiary/aromatic N) is 3. The lowest BCUT2D eigenvalue weighted by molar-refractivity contribution is -0.135. The predicted molar refractivity (Wildman–Crippen MR) is 106 cm³/mol. The van der Waals surface area contributed by atoms with Crippen LogP contribution in [0.2, 0.25) is 0 Å². The highest BCUT2D eigenvalue weighted by Crippen LogP contribution is 2.41. The lowest BCUT2D eigenvalue weighted by atomic mass is 9.99. The van der Waals surface area contributed by atoms with Gasteiger partial charge in [0.2, 0.25) is 0 Å². The van der Waals surface area contributed by atoms with E-state index in [0.717, 1.165) is 55.3 Å². The molecule has 1 amide bonds. The number of anilines is 1. The van der Waals surface area contributed by atoms with Gasteiger partial charge in [-0.25, -0.2) is 5.01 Å². The molecule has 3 aliphatic heterocycles. The highest BCUT2D eigenvalue weighted by atomic mass is 16.5. The molecule has 8 heteroatoms. The number of hydrogen-bond donors (Lipinski definition) is 1. The molecule has 0 spiro atoms. The van der Waals surface area contributed by atoms with Gasteiger partial charge in [-0.3, -0.25) is 10.2 Å². The number of amides is 1. The fourth-order valence-electron chi connectivity index (χ4n) is 3.94. The zero-order valence-electron chi connectivity index (χ0n) is 16.8. The SMILES string of the molecule is COc1cc2c(c(N3CCN(C)CC3)c1)OC(C(=O)NN1CCOCC1)CC2. The van der Waals surface area contributed by atoms with Gasteiger partial charge in [0.1, 0.15) is 11.5 Å². The van der Waals surface area contributed by atoms with E-state index in [-0.39, 0.29) is 5.91 Å². The third-order valence-corrected chi connectivity index (χ3v) is 5.71. The second-order valence-electron chi connectivity index (χ2n) is 7.65. The highest BCUT2D eigenvalue weighted by Gasteiger charge is 2.31. The van der Waals surface area contributed by atoms with Crippen LogP contribution in [0.1, 0.15) is 12.0 Å². The maximum absolute atomic E-state index is 12.8. The van der Waals surface area contributed by atoms with E-state index < -0.39 is 6.10 Å². The topological polar surface area (TPSA) is 66.5 Å². The molecule has 1 aromatic carbocycles. The maximum atomic E-state index is 12.8. The van der Waals surface area contributed by atoms with Crippen molar-refractivity contribution in [1.29, 1.82) is 0 Å². The number of benzene rings is 1. The summed E-state index contributed by atoms with van der Waals surface area (Å²) in [5, 5.41) is 1.92. The summed E-state index contributed by atoms with van der Waals surface area (Å²) in [5.74, 6) is 1.60. The minimum absolute atomic E-state index is 0.0762. The molecule has 0 saturated carbocycles. The number of aryl methyl sites for hydroxylation is 1. The fourth-order valence-corrected chi connectivity index (χ4v) is 3.94. The molecule has 28 heavy (non-hydrogen) atoms. The lowest BCUT2D eigenvalue weighted by Crippen LogP contribution is -2.53. The Morgan fingerprint density at radius 1 is 1.14 bits per heavy atom. The molecule has 0 bridgehead atoms. The van der Waals surface area contributed by atoms with E-state index in [2.05, 4.69) is 22.3 Å². The Hall–Kier alpha value is -2.03. The molecule has 154 valence electrons. The van der Waals surface area contributed by atoms with Gasteiger partial charge < -0.3 is 24.0 Å². The quantitative estimate of drug-likeness (QED) is 0.803. The average Bonchev–Trinajstić information content (AvgIpc) is 2.74. The monoisotopic (exact) mass is 390 g/mol. The molecule has 1 N–H and O–H groups in total. The van der Waals surface area contributed by atoms with Crippen LogP contribution in [-0.4, -0.2) is 88.6 Å². The van der Waals surface area contributed by atoms with Gasteiger partial charge in [-0.15, -0.1) is 0 Å². The van der Waals surface area contributed by atoms with Crippen molar-refractivity contribution < 1.29 is 19.0 Å². The van der Waals surface area contributed by atoms with E-state index in [9.17, 15) is 4.79 Å². The number of fused-ring (bicyclic) bond motifs is 1. The molecule has 0 aromatic heterocycles. The van der Waals surface area contributed by atoms with Crippen LogP contribution in [0.4, 0.5) is 5.69 Å². The predicted octanol–water partition coefficient (Wildman–Crippen LogP) is 0.504. The summed E-state index contributed by atoms with van der Waals surface area (Å²) >= 11 is 0. The Labute approximate surface area is 166 Å². The Balaban J connectivity index is 1.52. The molecule has 1 atom stereocenters. The summed E-state index contributed by atoms with van der Waals surface area (Å²) in [6.45, 7) is 6.58. The number of methoxy groups -OCH3 is 1. The van der Waals surface area contributed by atoms with Gasteiger partial charge in [0, 0.05) is 50.9 Å². The molecule has 0 aliphatic carbocycles. The van der Waals surface area contributed by atoms with Gasteiger partial charge >= 0.3 is 0 Å². The summed E-state index contributed by atoms with van der Waals surface area (Å²) in [7, 11) is 3.83. The number of nitrogens with one attached hydrogen (secondary N) is 1. The Kier molecular flexibility index (Phi) is 5.89. The van der Waals surface area contributed by atoms with Crippen LogP contribution in [0.5, 0.6) is 11.5 Å². The van der Waals surface area contributed by atoms with Crippen molar-refractivity contribution in [2.24, 2.45) is 0 Å². The number of hydrogen-bond acceptors (Lipinski definition) is 7. The van der Waals surface area contributed by atoms with Crippen molar-refractivity contribution in [1.82, 2.24) is 15.3 Å². The molecule has 1 unspecified atom stereocenters. The Bertz CT molecular complexity index is 700. The van der Waals surface area contributed by atoms with Crippen LogP contribution in [0, 0.1) is 0 Å². The van der Waals surface area contributed by atoms with Crippen molar-refractivity contribution in [2.75, 3.05) is 71.5 Å². The zero-order chi connectivity index (χ0) is 19.5. The van der Waals surface area contributed by atoms with Gasteiger partial charge in [-0.1, -0.05) is 0 Å². The van der Waals surface area contributed by atoms with Crippen LogP contribution < -0.4 is 19.8 Å². The molecule has 3 heterocycles. The van der Waals surface area contributed by atoms with Gasteiger partial charge in [-0.05, 0) is 26.0 Å². The van der Waals surface area contributed by atoms with E-state index >= 15 is 0 Å². The number of likely N-dealkylation sites (N-methyl/N-ethyl adjacent to an activating group) is 1. The number of hydrazine groups is 1. The van der Waals surface area contributed by atoms with Crippen LogP contribution in [0.3, 0.4) is 0 Å². The van der Waals surface area contributed by atoms with Crippen molar-refractivity contribution in [3.05, 3.63) is 17.7 Å². The van der Waals surface area contributed by atoms with Crippen LogP contribution >= 0.6 is 0 Å². The number of rotatable bonds is 4. The molecule has 8 nitrogen and oxygen atoms in total. The summed E-state index contributed by atoms with van der Waals surface area (Å²) in [4.78, 5) is 17.4. The van der Waals surface area contributed by atoms with Crippen molar-refractivity contribution in [3.63, 3.8) is 0 Å². The number of morpholine rings is 1. The molecule has 2 saturated heterocycles. The fraction of sp³-hybridized carbons (Fsp3) is 0.650. The second kappa shape index (κ2) is 8.55. The summed E-state index contributed by atoms with van der Waals surface area (Å²) in [6.07, 6.45) is 0.988. The maximum Gasteiger partial charge on any atom is 0.275 e. The third kappa shape index (κ3) is 4.19. The largest absolute Gasteiger partial charge is 0.497 e. The molecule has 2 fully saturated rings. The number of ether oxygens (including phenoxy) is 3. The van der Waals surface area contributed by atoms with Gasteiger partial charge in [0.25, 0.3) is 5.91 Å². The number of piperazine rings is 1. The Morgan fingerprint density at radius 3 is 2.61 bits per heavy atom. The molecule has 1 aromatic rings. The number of carbonyl (C=O) groups excluding carboxylic acids is 1. The van der Waals surface area contributed by atoms with Crippen LogP contribution in [-0.2, 0) is 16.0 Å². The third-order valence-electron chi connectivity index (χ3n) is 5.71. The second-order valence-corrected chi connectivity index (χ2v) is 7.65. The first kappa shape index (κ1) is 19.3. The molecular formula is C20H30N4O4. The summed E-state index contributed by atoms with van der Waals surface area (Å²) in [5.41, 5.74) is 5.14. The molecular weight excluding hydrogens is 360 g/mol. The van der Waals surface area contributed by atoms with Crippen molar-refractivity contribution >= 4 is 11.6 Å². The highest BCUT2D eigenvalue weighted by molar-refractivity contribution is 5.82. The van der Waals surface area contributed by atoms with Crippen LogP contribution in [0.25, 0.3) is 0 Å². The first-order chi connectivity index (χ1) is 13.6. The van der Waals surface area contributed by atoms with Gasteiger partial charge in [0.15, 0.2) is 6.10 Å². The zero-order valence-corrected chi connectivity index (χ0v) is 16.8. The molecule has 3 aliphatic rings. The van der Waals surface area contributed by atoms with Gasteiger partial charge in [-0.2, -0.15) is 0 Å². The molecule has 0 radical (unpaired) electrons. The summed E-state index contributed by atoms with van der Waals surface area (Å²) < 4.78 is 17.1. The van der Waals surface area contributed by atoms with E-state index in [1.54, 1.807) is 7.11 Å². The van der Waals surface area contributed by atoms with Crippen molar-refractivity contribution in [2.45, 2.75) is 18.9 Å². The smallest absolute Gasteiger partial charge is 0.275 e. The standard InChI is InChI=1S/C20H30N4O4/c1-22-5-7-23(8-6-22)17-14-16(26-2)13-15-3-4-18(28-19(15)17)20(25)21-24-9-11-27-12-10-24/h13-14,18H,3-12H2,1-2H3,(H,21,25). The minimum atomic E-state index is -0.477. The molecule has 4 rings (SSSR count). The van der Waals surface area contributed by atoms with Crippen molar-refractivity contribution in [3.8, 4) is 11.5 Å². The first-order valence-corrected chi connectivity index (χ1v) is 10.1. The van der Waals surface area contributed by atoms with E-state index in [1.807, 2.05) is 17.1 Å². The lowest BCUT2D eigenvalue weighted by Gasteiger charge is -2.37. The van der Waals surface area contributed by atoms with E-state index in [0.29, 0.717) is 32.7 Å².